The van der Waals surface area contributed by atoms with E-state index in [1.807, 2.05) is 0 Å². The van der Waals surface area contributed by atoms with Gasteiger partial charge in [-0.1, -0.05) is 25.8 Å². The molecule has 1 unspecified atom stereocenters. The lowest BCUT2D eigenvalue weighted by Crippen LogP contribution is -2.35. The summed E-state index contributed by atoms with van der Waals surface area (Å²) >= 11 is 0. The highest BCUT2D eigenvalue weighted by molar-refractivity contribution is 5.27. The molecule has 0 aliphatic rings. The number of aryl methyl sites for hydroxylation is 1. The molecule has 0 amide bonds. The Morgan fingerprint density at radius 1 is 1.42 bits per heavy atom. The van der Waals surface area contributed by atoms with Crippen LogP contribution in [0, 0.1) is 0 Å². The van der Waals surface area contributed by atoms with Gasteiger partial charge >= 0.3 is 0 Å². The van der Waals surface area contributed by atoms with E-state index in [4.69, 9.17) is 28.0 Å². The van der Waals surface area contributed by atoms with Gasteiger partial charge in [0.05, 0.1) is 14.8 Å². The SMILES string of the molecule is [2H]C([2H])([2H])OC([2H])([2H])C([2H])([2H])c1ccc(OCC([2H])(O)C([2H])([2H])NC([2H])(C([2H])([2H])[2H])C([2H])([2H])[2H])cc1. The molecule has 19 heavy (non-hydrogen) atoms. The third kappa shape index (κ3) is 7.15. The zero-order chi connectivity index (χ0) is 28.8. The number of hydrogen-bond acceptors (Lipinski definition) is 4. The van der Waals surface area contributed by atoms with Crippen molar-refractivity contribution in [2.45, 2.75) is 32.2 Å². The Morgan fingerprint density at radius 2 is 2.21 bits per heavy atom. The maximum absolute atomic E-state index is 10.3. The number of methoxy groups -OCH3 is 1. The molecule has 0 saturated heterocycles. The highest BCUT2D eigenvalue weighted by Crippen LogP contribution is 2.12. The topological polar surface area (TPSA) is 50.7 Å². The third-order valence-electron chi connectivity index (χ3n) is 1.81. The lowest BCUT2D eigenvalue weighted by molar-refractivity contribution is 0.104. The molecular weight excluding hydrogens is 242 g/mol. The second-order valence-corrected chi connectivity index (χ2v) is 3.21. The average Bonchev–Trinajstić information content (AvgIpc) is 2.62. The van der Waals surface area contributed by atoms with Crippen LogP contribution < -0.4 is 10.1 Å². The molecule has 4 heteroatoms. The Bertz CT molecular complexity index is 875. The van der Waals surface area contributed by atoms with Crippen LogP contribution in [0.2, 0.25) is 0 Å². The Labute approximate surface area is 139 Å². The monoisotopic (exact) mass is 284 g/mol. The summed E-state index contributed by atoms with van der Waals surface area (Å²) < 4.78 is 137. The lowest BCUT2D eigenvalue weighted by atomic mass is 10.1. The number of hydrogen-bond donors (Lipinski definition) is 2. The van der Waals surface area contributed by atoms with Crippen LogP contribution in [0.4, 0.5) is 0 Å². The first-order valence-corrected chi connectivity index (χ1v) is 5.05. The van der Waals surface area contributed by atoms with Crippen LogP contribution in [-0.2, 0) is 11.1 Å². The summed E-state index contributed by atoms with van der Waals surface area (Å²) in [5, 5.41) is 11.7. The molecule has 4 nitrogen and oxygen atoms in total. The number of benzene rings is 1. The minimum absolute atomic E-state index is 0.211. The summed E-state index contributed by atoms with van der Waals surface area (Å²) in [6.07, 6.45) is -6.30. The quantitative estimate of drug-likeness (QED) is 0.723. The molecule has 0 fully saturated rings. The van der Waals surface area contributed by atoms with Gasteiger partial charge in [-0.3, -0.25) is 0 Å². The summed E-state index contributed by atoms with van der Waals surface area (Å²) in [6, 6.07) is 0.407. The second kappa shape index (κ2) is 8.91. The lowest BCUT2D eigenvalue weighted by Gasteiger charge is -2.15. The standard InChI is InChI=1S/C15H25NO3/c1-12(2)16-10-14(17)11-19-15-6-4-13(5-7-15)8-9-18-3/h4-7,12,14,16-17H,8-11H2,1-3H3/i1D3,2D3,3D3,8D2,9D2,10D2,12D,14D. The molecule has 2 N–H and O–H groups in total. The molecule has 0 radical (unpaired) electrons. The van der Waals surface area contributed by atoms with Crippen molar-refractivity contribution in [3.63, 3.8) is 0 Å². The van der Waals surface area contributed by atoms with E-state index in [2.05, 4.69) is 4.74 Å². The van der Waals surface area contributed by atoms with Crippen LogP contribution >= 0.6 is 0 Å². The zero-order valence-corrected chi connectivity index (χ0v) is 9.78. The van der Waals surface area contributed by atoms with Crippen LogP contribution in [0.3, 0.4) is 0 Å². The van der Waals surface area contributed by atoms with Crippen molar-refractivity contribution in [3.05, 3.63) is 29.8 Å². The van der Waals surface area contributed by atoms with Gasteiger partial charge in [0.2, 0.25) is 0 Å². The summed E-state index contributed by atoms with van der Waals surface area (Å²) in [5.74, 6) is -0.211. The molecule has 1 aromatic rings. The molecule has 1 atom stereocenters. The maximum atomic E-state index is 10.3. The molecular formula is C15H25NO3. The smallest absolute Gasteiger partial charge is 0.119 e. The van der Waals surface area contributed by atoms with E-state index in [9.17, 15) is 5.11 Å². The molecule has 0 heterocycles. The van der Waals surface area contributed by atoms with E-state index in [-0.39, 0.29) is 11.3 Å². The van der Waals surface area contributed by atoms with Crippen LogP contribution in [0.1, 0.15) is 42.6 Å². The van der Waals surface area contributed by atoms with Crippen LogP contribution in [0.15, 0.2) is 24.3 Å². The molecule has 0 bridgehead atoms. The van der Waals surface area contributed by atoms with Crippen molar-refractivity contribution in [2.75, 3.05) is 26.7 Å². The predicted octanol–water partition coefficient (Wildman–Crippen LogP) is 1.61. The van der Waals surface area contributed by atoms with Gasteiger partial charge in [0.15, 0.2) is 0 Å². The van der Waals surface area contributed by atoms with Gasteiger partial charge in [-0.25, -0.2) is 0 Å². The Morgan fingerprint density at radius 3 is 2.89 bits per heavy atom. The average molecular weight is 284 g/mol. The molecule has 0 aromatic heterocycles. The van der Waals surface area contributed by atoms with E-state index in [0.717, 1.165) is 24.3 Å². The Hall–Kier alpha value is -1.10. The van der Waals surface area contributed by atoms with E-state index >= 15 is 0 Å². The molecule has 0 aliphatic carbocycles. The summed E-state index contributed by atoms with van der Waals surface area (Å²) in [4.78, 5) is 0. The van der Waals surface area contributed by atoms with Gasteiger partial charge in [-0.05, 0) is 24.1 Å². The molecule has 1 rings (SSSR count). The predicted molar refractivity (Wildman–Crippen MR) is 76.7 cm³/mol. The van der Waals surface area contributed by atoms with E-state index in [0.29, 0.717) is 0 Å². The molecule has 108 valence electrons. The van der Waals surface area contributed by atoms with Gasteiger partial charge in [-0.15, -0.1) is 0 Å². The van der Waals surface area contributed by atoms with Crippen molar-refractivity contribution >= 4 is 0 Å². The molecule has 0 spiro atoms. The van der Waals surface area contributed by atoms with Crippen LogP contribution in [0.5, 0.6) is 5.75 Å². The normalized spacial score (nSPS) is 32.4. The fourth-order valence-electron chi connectivity index (χ4n) is 1.04. The maximum Gasteiger partial charge on any atom is 0.119 e. The third-order valence-corrected chi connectivity index (χ3v) is 1.81. The van der Waals surface area contributed by atoms with Crippen LogP contribution in [0.25, 0.3) is 0 Å². The highest BCUT2D eigenvalue weighted by atomic mass is 16.5. The fraction of sp³-hybridized carbons (Fsp3) is 0.600. The van der Waals surface area contributed by atoms with E-state index in [1.165, 1.54) is 5.32 Å². The van der Waals surface area contributed by atoms with Crippen molar-refractivity contribution < 1.29 is 37.9 Å². The Balaban J connectivity index is 3.08. The van der Waals surface area contributed by atoms with Gasteiger partial charge in [0, 0.05) is 34.6 Å². The number of ether oxygens (including phenoxy) is 2. The largest absolute Gasteiger partial charge is 0.491 e. The summed E-state index contributed by atoms with van der Waals surface area (Å²) in [7, 11) is -3.23. The first-order valence-electron chi connectivity index (χ1n) is 13.5. The van der Waals surface area contributed by atoms with E-state index < -0.39 is 58.9 Å². The van der Waals surface area contributed by atoms with Crippen molar-refractivity contribution in [1.29, 1.82) is 0 Å². The summed E-state index contributed by atoms with van der Waals surface area (Å²) in [5.41, 5.74) is -0.378. The van der Waals surface area contributed by atoms with Crippen molar-refractivity contribution in [2.24, 2.45) is 0 Å². The molecule has 0 aliphatic heterocycles. The van der Waals surface area contributed by atoms with E-state index in [1.54, 1.807) is 0 Å². The number of aliphatic hydroxyl groups is 1. The zero-order valence-electron chi connectivity index (χ0n) is 26.8. The van der Waals surface area contributed by atoms with Gasteiger partial charge in [0.25, 0.3) is 0 Å². The first kappa shape index (κ1) is 4.20. The second-order valence-electron chi connectivity index (χ2n) is 3.21. The fourth-order valence-corrected chi connectivity index (χ4v) is 1.04. The first-order chi connectivity index (χ1) is 15.6. The van der Waals surface area contributed by atoms with Crippen molar-refractivity contribution in [3.8, 4) is 5.75 Å². The van der Waals surface area contributed by atoms with Crippen LogP contribution in [-0.4, -0.2) is 43.9 Å². The van der Waals surface area contributed by atoms with Crippen molar-refractivity contribution in [1.82, 2.24) is 5.32 Å². The highest BCUT2D eigenvalue weighted by Gasteiger charge is 2.05. The molecule has 1 aromatic carbocycles. The molecule has 0 saturated carbocycles. The Kier molecular flexibility index (Phi) is 1.97. The van der Waals surface area contributed by atoms with Gasteiger partial charge in [-0.2, -0.15) is 0 Å². The van der Waals surface area contributed by atoms with Gasteiger partial charge in [0.1, 0.15) is 18.4 Å². The van der Waals surface area contributed by atoms with Gasteiger partial charge < -0.3 is 19.9 Å². The number of rotatable bonds is 9. The minimum Gasteiger partial charge on any atom is -0.491 e. The summed E-state index contributed by atoms with van der Waals surface area (Å²) in [6.45, 7) is -15.2. The minimum atomic E-state index is -3.60. The number of nitrogens with one attached hydrogen (secondary N) is 1.